The Hall–Kier alpha value is -2.04. The molecule has 0 aliphatic rings. The van der Waals surface area contributed by atoms with Gasteiger partial charge in [-0.1, -0.05) is 6.92 Å². The van der Waals surface area contributed by atoms with Crippen molar-refractivity contribution in [2.75, 3.05) is 5.32 Å². The molecule has 2 heterocycles. The fraction of sp³-hybridized carbons (Fsp3) is 0.333. The van der Waals surface area contributed by atoms with Crippen molar-refractivity contribution in [2.45, 2.75) is 26.4 Å². The van der Waals surface area contributed by atoms with Crippen molar-refractivity contribution in [1.29, 1.82) is 0 Å². The number of hydrogen-bond donors (Lipinski definition) is 2. The number of nitrogens with one attached hydrogen (secondary N) is 2. The van der Waals surface area contributed by atoms with E-state index in [-0.39, 0.29) is 5.56 Å². The fourth-order valence-electron chi connectivity index (χ4n) is 1.63. The predicted molar refractivity (Wildman–Crippen MR) is 66.9 cm³/mol. The molecule has 2 aromatic rings. The smallest absolute Gasteiger partial charge is 0.250 e. The number of anilines is 1. The van der Waals surface area contributed by atoms with Crippen LogP contribution in [0.1, 0.15) is 19.2 Å². The number of H-pyrrole nitrogens is 1. The molecular weight excluding hydrogens is 216 g/mol. The Labute approximate surface area is 99.5 Å². The Balaban J connectivity index is 2.06. The summed E-state index contributed by atoms with van der Waals surface area (Å²) in [4.78, 5) is 18.6. The molecule has 0 amide bonds. The van der Waals surface area contributed by atoms with Gasteiger partial charge in [-0.3, -0.25) is 4.79 Å². The first-order valence-corrected chi connectivity index (χ1v) is 5.72. The minimum atomic E-state index is 0.0374. The zero-order valence-electron chi connectivity index (χ0n) is 9.81. The van der Waals surface area contributed by atoms with Crippen molar-refractivity contribution < 1.29 is 0 Å². The third kappa shape index (κ3) is 2.96. The molecule has 17 heavy (non-hydrogen) atoms. The van der Waals surface area contributed by atoms with Crippen LogP contribution in [0.2, 0.25) is 0 Å². The van der Waals surface area contributed by atoms with E-state index in [1.165, 1.54) is 0 Å². The Morgan fingerprint density at radius 2 is 2.35 bits per heavy atom. The summed E-state index contributed by atoms with van der Waals surface area (Å²) in [7, 11) is 0. The molecular formula is C12H16N4O. The lowest BCUT2D eigenvalue weighted by molar-refractivity contribution is 0.654. The lowest BCUT2D eigenvalue weighted by atomic mass is 10.3. The van der Waals surface area contributed by atoms with E-state index in [1.807, 2.05) is 6.20 Å². The highest BCUT2D eigenvalue weighted by atomic mass is 16.1. The van der Waals surface area contributed by atoms with Crippen LogP contribution in [0.5, 0.6) is 0 Å². The van der Waals surface area contributed by atoms with Gasteiger partial charge in [-0.15, -0.1) is 0 Å². The molecule has 2 rings (SSSR count). The molecule has 90 valence electrons. The second-order valence-electron chi connectivity index (χ2n) is 3.84. The highest BCUT2D eigenvalue weighted by Crippen LogP contribution is 2.05. The molecule has 0 bridgehead atoms. The van der Waals surface area contributed by atoms with Crippen molar-refractivity contribution in [2.24, 2.45) is 0 Å². The first kappa shape index (κ1) is 11.4. The van der Waals surface area contributed by atoms with Crippen LogP contribution >= 0.6 is 0 Å². The summed E-state index contributed by atoms with van der Waals surface area (Å²) in [6, 6.07) is 3.37. The molecule has 0 aliphatic heterocycles. The third-order valence-electron chi connectivity index (χ3n) is 2.46. The summed E-state index contributed by atoms with van der Waals surface area (Å²) >= 11 is 0. The highest BCUT2D eigenvalue weighted by Gasteiger charge is 1.99. The summed E-state index contributed by atoms with van der Waals surface area (Å²) < 4.78 is 1.71. The van der Waals surface area contributed by atoms with Crippen molar-refractivity contribution in [3.8, 4) is 0 Å². The first-order chi connectivity index (χ1) is 8.29. The van der Waals surface area contributed by atoms with E-state index in [0.29, 0.717) is 6.54 Å². The summed E-state index contributed by atoms with van der Waals surface area (Å²) in [5.41, 5.74) is 0.963. The highest BCUT2D eigenvalue weighted by molar-refractivity contribution is 5.40. The maximum atomic E-state index is 11.5. The monoisotopic (exact) mass is 232 g/mol. The summed E-state index contributed by atoms with van der Waals surface area (Å²) in [6.07, 6.45) is 6.29. The quantitative estimate of drug-likeness (QED) is 0.823. The SMILES string of the molecule is CCCn1cc(NCc2ncc[nH]2)ccc1=O. The van der Waals surface area contributed by atoms with Gasteiger partial charge in [0.2, 0.25) is 0 Å². The van der Waals surface area contributed by atoms with Crippen LogP contribution < -0.4 is 10.9 Å². The van der Waals surface area contributed by atoms with Gasteiger partial charge in [-0.25, -0.2) is 4.98 Å². The minimum Gasteiger partial charge on any atom is -0.377 e. The lowest BCUT2D eigenvalue weighted by Crippen LogP contribution is -2.18. The first-order valence-electron chi connectivity index (χ1n) is 5.72. The molecule has 0 aromatic carbocycles. The average Bonchev–Trinajstić information content (AvgIpc) is 2.83. The molecule has 0 saturated heterocycles. The van der Waals surface area contributed by atoms with E-state index in [0.717, 1.165) is 24.5 Å². The lowest BCUT2D eigenvalue weighted by Gasteiger charge is -2.08. The topological polar surface area (TPSA) is 62.7 Å². The molecule has 0 spiro atoms. The van der Waals surface area contributed by atoms with Gasteiger partial charge in [0.1, 0.15) is 5.82 Å². The van der Waals surface area contributed by atoms with Gasteiger partial charge in [0.25, 0.3) is 5.56 Å². The molecule has 2 aromatic heterocycles. The largest absolute Gasteiger partial charge is 0.377 e. The number of rotatable bonds is 5. The van der Waals surface area contributed by atoms with E-state index in [2.05, 4.69) is 22.2 Å². The van der Waals surface area contributed by atoms with Crippen molar-refractivity contribution >= 4 is 5.69 Å². The minimum absolute atomic E-state index is 0.0374. The van der Waals surface area contributed by atoms with Crippen molar-refractivity contribution in [1.82, 2.24) is 14.5 Å². The number of imidazole rings is 1. The van der Waals surface area contributed by atoms with Crippen molar-refractivity contribution in [3.63, 3.8) is 0 Å². The van der Waals surface area contributed by atoms with Gasteiger partial charge < -0.3 is 14.9 Å². The van der Waals surface area contributed by atoms with Crippen LogP contribution in [0, 0.1) is 0 Å². The zero-order valence-corrected chi connectivity index (χ0v) is 9.81. The van der Waals surface area contributed by atoms with Crippen molar-refractivity contribution in [3.05, 3.63) is 46.9 Å². The number of aryl methyl sites for hydroxylation is 1. The van der Waals surface area contributed by atoms with E-state index in [1.54, 1.807) is 29.1 Å². The number of hydrogen-bond acceptors (Lipinski definition) is 3. The van der Waals surface area contributed by atoms with E-state index < -0.39 is 0 Å². The normalized spacial score (nSPS) is 10.4. The van der Waals surface area contributed by atoms with Gasteiger partial charge in [0.15, 0.2) is 0 Å². The number of nitrogens with zero attached hydrogens (tertiary/aromatic N) is 2. The van der Waals surface area contributed by atoms with Gasteiger partial charge in [-0.05, 0) is 12.5 Å². The van der Waals surface area contributed by atoms with Gasteiger partial charge in [0, 0.05) is 31.2 Å². The number of aromatic amines is 1. The molecule has 0 radical (unpaired) electrons. The van der Waals surface area contributed by atoms with E-state index in [4.69, 9.17) is 0 Å². The maximum absolute atomic E-state index is 11.5. The molecule has 0 unspecified atom stereocenters. The molecule has 5 nitrogen and oxygen atoms in total. The number of aromatic nitrogens is 3. The average molecular weight is 232 g/mol. The Kier molecular flexibility index (Phi) is 3.59. The van der Waals surface area contributed by atoms with Crippen LogP contribution in [0.4, 0.5) is 5.69 Å². The Morgan fingerprint density at radius 1 is 1.47 bits per heavy atom. The predicted octanol–water partition coefficient (Wildman–Crippen LogP) is 1.59. The van der Waals surface area contributed by atoms with Crippen LogP contribution in [0.25, 0.3) is 0 Å². The Bertz CT molecular complexity index is 516. The van der Waals surface area contributed by atoms with Gasteiger partial charge in [0.05, 0.1) is 12.2 Å². The second-order valence-corrected chi connectivity index (χ2v) is 3.84. The molecule has 0 atom stereocenters. The Morgan fingerprint density at radius 3 is 3.06 bits per heavy atom. The molecule has 0 aliphatic carbocycles. The summed E-state index contributed by atoms with van der Waals surface area (Å²) in [5.74, 6) is 0.873. The maximum Gasteiger partial charge on any atom is 0.250 e. The standard InChI is InChI=1S/C12H16N4O/c1-2-7-16-9-10(3-4-12(16)17)15-8-11-13-5-6-14-11/h3-6,9,15H,2,7-8H2,1H3,(H,13,14). The second kappa shape index (κ2) is 5.34. The summed E-state index contributed by atoms with van der Waals surface area (Å²) in [5, 5.41) is 3.22. The third-order valence-corrected chi connectivity index (χ3v) is 2.46. The number of pyridine rings is 1. The molecule has 2 N–H and O–H groups in total. The van der Waals surface area contributed by atoms with Crippen LogP contribution in [0.15, 0.2) is 35.5 Å². The zero-order chi connectivity index (χ0) is 12.1. The van der Waals surface area contributed by atoms with Crippen LogP contribution in [0.3, 0.4) is 0 Å². The van der Waals surface area contributed by atoms with Gasteiger partial charge in [-0.2, -0.15) is 0 Å². The molecule has 5 heteroatoms. The summed E-state index contributed by atoms with van der Waals surface area (Å²) in [6.45, 7) is 3.42. The van der Waals surface area contributed by atoms with E-state index in [9.17, 15) is 4.79 Å². The van der Waals surface area contributed by atoms with Crippen LogP contribution in [-0.4, -0.2) is 14.5 Å². The molecule has 0 fully saturated rings. The fourth-order valence-corrected chi connectivity index (χ4v) is 1.63. The van der Waals surface area contributed by atoms with E-state index >= 15 is 0 Å². The van der Waals surface area contributed by atoms with Crippen LogP contribution in [-0.2, 0) is 13.1 Å². The molecule has 0 saturated carbocycles. The van der Waals surface area contributed by atoms with Gasteiger partial charge >= 0.3 is 0 Å².